The molecule has 5 heteroatoms. The minimum Gasteiger partial charge on any atom is -0.481 e. The molecule has 0 aliphatic rings. The highest BCUT2D eigenvalue weighted by atomic mass is 35.5. The molecule has 0 saturated heterocycles. The highest BCUT2D eigenvalue weighted by molar-refractivity contribution is 6.31. The summed E-state index contributed by atoms with van der Waals surface area (Å²) in [5.41, 5.74) is 1.11. The van der Waals surface area contributed by atoms with Crippen LogP contribution in [0.5, 0.6) is 0 Å². The SMILES string of the molecule is O=C(O)C(Cc1cccc(Cl)c1)Cc1cccc(Cl)c1F. The first-order valence-corrected chi connectivity index (χ1v) is 7.13. The van der Waals surface area contributed by atoms with E-state index in [0.717, 1.165) is 5.56 Å². The fourth-order valence-corrected chi connectivity index (χ4v) is 2.57. The summed E-state index contributed by atoms with van der Waals surface area (Å²) in [5.74, 6) is -2.28. The van der Waals surface area contributed by atoms with Crippen LogP contribution in [0.15, 0.2) is 42.5 Å². The molecule has 0 fully saturated rings. The van der Waals surface area contributed by atoms with Gasteiger partial charge in [0.15, 0.2) is 0 Å². The van der Waals surface area contributed by atoms with Crippen LogP contribution in [-0.2, 0) is 17.6 Å². The average molecular weight is 327 g/mol. The van der Waals surface area contributed by atoms with Crippen molar-refractivity contribution in [1.29, 1.82) is 0 Å². The minimum atomic E-state index is -0.977. The molecule has 0 saturated carbocycles. The second-order valence-corrected chi connectivity index (χ2v) is 5.63. The lowest BCUT2D eigenvalue weighted by atomic mass is 9.92. The molecule has 2 aromatic carbocycles. The number of aliphatic carboxylic acids is 1. The third-order valence-electron chi connectivity index (χ3n) is 3.22. The lowest BCUT2D eigenvalue weighted by Gasteiger charge is -2.13. The van der Waals surface area contributed by atoms with Gasteiger partial charge in [-0.2, -0.15) is 0 Å². The van der Waals surface area contributed by atoms with Crippen molar-refractivity contribution in [2.45, 2.75) is 12.8 Å². The van der Waals surface area contributed by atoms with Crippen LogP contribution in [0, 0.1) is 11.7 Å². The molecule has 110 valence electrons. The van der Waals surface area contributed by atoms with Gasteiger partial charge in [-0.05, 0) is 42.2 Å². The monoisotopic (exact) mass is 326 g/mol. The maximum absolute atomic E-state index is 13.9. The Morgan fingerprint density at radius 2 is 1.86 bits per heavy atom. The van der Waals surface area contributed by atoms with Crippen molar-refractivity contribution in [3.05, 3.63) is 69.5 Å². The number of hydrogen-bond donors (Lipinski definition) is 1. The molecule has 0 aliphatic carbocycles. The van der Waals surface area contributed by atoms with Gasteiger partial charge >= 0.3 is 5.97 Å². The topological polar surface area (TPSA) is 37.3 Å². The lowest BCUT2D eigenvalue weighted by molar-refractivity contribution is -0.141. The molecule has 0 aliphatic heterocycles. The van der Waals surface area contributed by atoms with Crippen molar-refractivity contribution < 1.29 is 14.3 Å². The van der Waals surface area contributed by atoms with Gasteiger partial charge < -0.3 is 5.11 Å². The van der Waals surface area contributed by atoms with Crippen LogP contribution in [0.1, 0.15) is 11.1 Å². The quantitative estimate of drug-likeness (QED) is 0.870. The van der Waals surface area contributed by atoms with Gasteiger partial charge in [-0.25, -0.2) is 4.39 Å². The van der Waals surface area contributed by atoms with Crippen LogP contribution in [0.25, 0.3) is 0 Å². The van der Waals surface area contributed by atoms with Crippen molar-refractivity contribution in [2.24, 2.45) is 5.92 Å². The van der Waals surface area contributed by atoms with Crippen LogP contribution < -0.4 is 0 Å². The summed E-state index contributed by atoms with van der Waals surface area (Å²) in [5, 5.41) is 9.88. The fraction of sp³-hybridized carbons (Fsp3) is 0.188. The van der Waals surface area contributed by atoms with Gasteiger partial charge in [-0.3, -0.25) is 4.79 Å². The first kappa shape index (κ1) is 15.8. The molecule has 0 amide bonds. The van der Waals surface area contributed by atoms with E-state index in [2.05, 4.69) is 0 Å². The van der Waals surface area contributed by atoms with Crippen LogP contribution >= 0.6 is 23.2 Å². The Bertz CT molecular complexity index is 658. The van der Waals surface area contributed by atoms with Gasteiger partial charge in [0.25, 0.3) is 0 Å². The van der Waals surface area contributed by atoms with E-state index in [4.69, 9.17) is 23.2 Å². The van der Waals surface area contributed by atoms with Gasteiger partial charge in [0.05, 0.1) is 10.9 Å². The highest BCUT2D eigenvalue weighted by Crippen LogP contribution is 2.23. The van der Waals surface area contributed by atoms with Crippen LogP contribution in [0.4, 0.5) is 4.39 Å². The van der Waals surface area contributed by atoms with Gasteiger partial charge in [-0.1, -0.05) is 47.5 Å². The maximum Gasteiger partial charge on any atom is 0.307 e. The van der Waals surface area contributed by atoms with Crippen molar-refractivity contribution >= 4 is 29.2 Å². The zero-order valence-corrected chi connectivity index (χ0v) is 12.5. The Morgan fingerprint density at radius 1 is 1.14 bits per heavy atom. The van der Waals surface area contributed by atoms with Crippen molar-refractivity contribution in [1.82, 2.24) is 0 Å². The summed E-state index contributed by atoms with van der Waals surface area (Å²) in [6, 6.07) is 11.6. The minimum absolute atomic E-state index is 0.000561. The first-order valence-electron chi connectivity index (χ1n) is 6.37. The molecule has 1 N–H and O–H groups in total. The van der Waals surface area contributed by atoms with Gasteiger partial charge in [0, 0.05) is 5.02 Å². The van der Waals surface area contributed by atoms with Gasteiger partial charge in [-0.15, -0.1) is 0 Å². The Morgan fingerprint density at radius 3 is 2.52 bits per heavy atom. The van der Waals surface area contributed by atoms with E-state index in [1.165, 1.54) is 6.07 Å². The van der Waals surface area contributed by atoms with Crippen molar-refractivity contribution in [3.8, 4) is 0 Å². The normalized spacial score (nSPS) is 12.1. The molecular weight excluding hydrogens is 314 g/mol. The third-order valence-corrected chi connectivity index (χ3v) is 3.75. The Kier molecular flexibility index (Phi) is 5.21. The largest absolute Gasteiger partial charge is 0.481 e. The molecule has 1 unspecified atom stereocenters. The standard InChI is InChI=1S/C16H13Cl2FO2/c17-13-5-1-3-10(8-13)7-12(16(20)21)9-11-4-2-6-14(18)15(11)19/h1-6,8,12H,7,9H2,(H,20,21). The number of benzene rings is 2. The molecule has 2 rings (SSSR count). The van der Waals surface area contributed by atoms with E-state index >= 15 is 0 Å². The van der Waals surface area contributed by atoms with Gasteiger partial charge in [0.2, 0.25) is 0 Å². The predicted octanol–water partition coefficient (Wildman–Crippen LogP) is 4.62. The molecule has 0 radical (unpaired) electrons. The molecule has 2 nitrogen and oxygen atoms in total. The van der Waals surface area contributed by atoms with E-state index in [0.29, 0.717) is 10.6 Å². The number of carboxylic acids is 1. The molecular formula is C16H13Cl2FO2. The van der Waals surface area contributed by atoms with Crippen LogP contribution in [0.2, 0.25) is 10.0 Å². The highest BCUT2D eigenvalue weighted by Gasteiger charge is 2.21. The van der Waals surface area contributed by atoms with E-state index in [1.54, 1.807) is 36.4 Å². The summed E-state index contributed by atoms with van der Waals surface area (Å²) in [4.78, 5) is 11.4. The molecule has 21 heavy (non-hydrogen) atoms. The lowest BCUT2D eigenvalue weighted by Crippen LogP contribution is -2.19. The van der Waals surface area contributed by atoms with Crippen molar-refractivity contribution in [2.75, 3.05) is 0 Å². The number of carbonyl (C=O) groups is 1. The van der Waals surface area contributed by atoms with Crippen LogP contribution in [-0.4, -0.2) is 11.1 Å². The second kappa shape index (κ2) is 6.92. The molecule has 0 spiro atoms. The molecule has 1 atom stereocenters. The summed E-state index contributed by atoms with van der Waals surface area (Å²) in [6.07, 6.45) is 0.357. The Labute approximate surface area is 132 Å². The third kappa shape index (κ3) is 4.19. The zero-order valence-electron chi connectivity index (χ0n) is 11.0. The summed E-state index contributed by atoms with van der Waals surface area (Å²) in [6.45, 7) is 0. The second-order valence-electron chi connectivity index (χ2n) is 4.79. The van der Waals surface area contributed by atoms with E-state index in [1.807, 2.05) is 0 Å². The molecule has 0 aromatic heterocycles. The summed E-state index contributed by atoms with van der Waals surface area (Å²) >= 11 is 11.6. The molecule has 0 heterocycles. The Hall–Kier alpha value is -1.58. The van der Waals surface area contributed by atoms with E-state index < -0.39 is 17.7 Å². The summed E-state index contributed by atoms with van der Waals surface area (Å²) in [7, 11) is 0. The van der Waals surface area contributed by atoms with Gasteiger partial charge in [0.1, 0.15) is 5.82 Å². The Balaban J connectivity index is 2.20. The zero-order chi connectivity index (χ0) is 15.4. The fourth-order valence-electron chi connectivity index (χ4n) is 2.17. The van der Waals surface area contributed by atoms with Crippen LogP contribution in [0.3, 0.4) is 0 Å². The van der Waals surface area contributed by atoms with Crippen molar-refractivity contribution in [3.63, 3.8) is 0 Å². The van der Waals surface area contributed by atoms with E-state index in [-0.39, 0.29) is 17.9 Å². The molecule has 0 bridgehead atoms. The molecule has 2 aromatic rings. The number of carboxylic acid groups (broad SMARTS) is 1. The first-order chi connectivity index (χ1) is 9.97. The number of rotatable bonds is 5. The van der Waals surface area contributed by atoms with E-state index in [9.17, 15) is 14.3 Å². The average Bonchev–Trinajstić information content (AvgIpc) is 2.43. The number of halogens is 3. The smallest absolute Gasteiger partial charge is 0.307 e. The maximum atomic E-state index is 13.9. The summed E-state index contributed by atoms with van der Waals surface area (Å²) < 4.78 is 13.9. The number of hydrogen-bond acceptors (Lipinski definition) is 1. The predicted molar refractivity (Wildman–Crippen MR) is 81.4 cm³/mol.